The summed E-state index contributed by atoms with van der Waals surface area (Å²) >= 11 is 0. The Kier molecular flexibility index (Phi) is 3.39. The Hall–Kier alpha value is -1.18. The van der Waals surface area contributed by atoms with Gasteiger partial charge in [0.15, 0.2) is 5.78 Å². The van der Waals surface area contributed by atoms with E-state index in [1.807, 2.05) is 26.0 Å². The molecule has 0 saturated carbocycles. The summed E-state index contributed by atoms with van der Waals surface area (Å²) < 4.78 is 0. The maximum absolute atomic E-state index is 12.0. The van der Waals surface area contributed by atoms with Gasteiger partial charge in [0, 0.05) is 23.4 Å². The first kappa shape index (κ1) is 10.9. The molecule has 0 spiro atoms. The molecule has 0 aromatic carbocycles. The summed E-state index contributed by atoms with van der Waals surface area (Å²) in [5.74, 6) is 0.644. The number of hydrogen-bond donors (Lipinski definition) is 0. The molecular formula is C12H17NO. The van der Waals surface area contributed by atoms with Crippen molar-refractivity contribution in [3.8, 4) is 0 Å². The van der Waals surface area contributed by atoms with Crippen molar-refractivity contribution in [3.05, 3.63) is 29.6 Å². The van der Waals surface area contributed by atoms with Crippen LogP contribution in [0, 0.1) is 18.8 Å². The standard InChI is InChI=1S/C12H17NO/c1-8(2)9(3)12(14)11-6-5-7-13-10(11)4/h5-9H,1-4H3. The van der Waals surface area contributed by atoms with Crippen LogP contribution in [-0.4, -0.2) is 10.8 Å². The van der Waals surface area contributed by atoms with Crippen LogP contribution in [0.2, 0.25) is 0 Å². The van der Waals surface area contributed by atoms with Crippen LogP contribution in [0.5, 0.6) is 0 Å². The highest BCUT2D eigenvalue weighted by atomic mass is 16.1. The molecule has 0 aliphatic carbocycles. The predicted octanol–water partition coefficient (Wildman–Crippen LogP) is 2.86. The number of rotatable bonds is 3. The van der Waals surface area contributed by atoms with Gasteiger partial charge in [0.25, 0.3) is 0 Å². The molecule has 0 saturated heterocycles. The van der Waals surface area contributed by atoms with Crippen LogP contribution in [0.4, 0.5) is 0 Å². The molecule has 0 fully saturated rings. The third-order valence-corrected chi connectivity index (χ3v) is 2.69. The summed E-state index contributed by atoms with van der Waals surface area (Å²) in [5, 5.41) is 0. The van der Waals surface area contributed by atoms with E-state index >= 15 is 0 Å². The largest absolute Gasteiger partial charge is 0.294 e. The van der Waals surface area contributed by atoms with E-state index in [0.717, 1.165) is 11.3 Å². The highest BCUT2D eigenvalue weighted by molar-refractivity contribution is 5.98. The first-order chi connectivity index (χ1) is 6.54. The zero-order chi connectivity index (χ0) is 10.7. The number of nitrogens with zero attached hydrogens (tertiary/aromatic N) is 1. The molecule has 2 nitrogen and oxygen atoms in total. The second kappa shape index (κ2) is 4.36. The van der Waals surface area contributed by atoms with Crippen LogP contribution >= 0.6 is 0 Å². The molecule has 14 heavy (non-hydrogen) atoms. The minimum atomic E-state index is 0.0675. The molecule has 76 valence electrons. The number of hydrogen-bond acceptors (Lipinski definition) is 2. The van der Waals surface area contributed by atoms with Gasteiger partial charge in [-0.15, -0.1) is 0 Å². The van der Waals surface area contributed by atoms with E-state index < -0.39 is 0 Å². The van der Waals surface area contributed by atoms with E-state index in [1.54, 1.807) is 6.20 Å². The molecule has 2 heteroatoms. The van der Waals surface area contributed by atoms with Crippen molar-refractivity contribution in [2.75, 3.05) is 0 Å². The molecule has 1 unspecified atom stereocenters. The zero-order valence-electron chi connectivity index (χ0n) is 9.24. The fraction of sp³-hybridized carbons (Fsp3) is 0.500. The van der Waals surface area contributed by atoms with Crippen molar-refractivity contribution in [1.82, 2.24) is 4.98 Å². The van der Waals surface area contributed by atoms with Crippen molar-refractivity contribution in [1.29, 1.82) is 0 Å². The lowest BCUT2D eigenvalue weighted by molar-refractivity contribution is 0.0898. The quantitative estimate of drug-likeness (QED) is 0.688. The van der Waals surface area contributed by atoms with E-state index in [4.69, 9.17) is 0 Å². The van der Waals surface area contributed by atoms with Crippen LogP contribution in [0.3, 0.4) is 0 Å². The van der Waals surface area contributed by atoms with Gasteiger partial charge >= 0.3 is 0 Å². The average molecular weight is 191 g/mol. The molecule has 1 aromatic rings. The van der Waals surface area contributed by atoms with Gasteiger partial charge in [0.2, 0.25) is 0 Å². The molecule has 0 radical (unpaired) electrons. The normalized spacial score (nSPS) is 12.9. The Morgan fingerprint density at radius 1 is 1.36 bits per heavy atom. The number of Topliss-reactive ketones (excluding diaryl/α,β-unsaturated/α-hetero) is 1. The van der Waals surface area contributed by atoms with Gasteiger partial charge in [-0.25, -0.2) is 0 Å². The first-order valence-electron chi connectivity index (χ1n) is 5.00. The van der Waals surface area contributed by atoms with Gasteiger partial charge in [-0.3, -0.25) is 9.78 Å². The lowest BCUT2D eigenvalue weighted by Gasteiger charge is -2.14. The Balaban J connectivity index is 2.95. The monoisotopic (exact) mass is 191 g/mol. The predicted molar refractivity (Wildman–Crippen MR) is 57.3 cm³/mol. The van der Waals surface area contributed by atoms with Crippen LogP contribution in [-0.2, 0) is 0 Å². The van der Waals surface area contributed by atoms with Crippen molar-refractivity contribution in [2.24, 2.45) is 11.8 Å². The molecule has 0 N–H and O–H groups in total. The second-order valence-electron chi connectivity index (χ2n) is 4.03. The van der Waals surface area contributed by atoms with E-state index in [-0.39, 0.29) is 11.7 Å². The molecule has 1 atom stereocenters. The lowest BCUT2D eigenvalue weighted by atomic mass is 9.89. The van der Waals surface area contributed by atoms with Crippen LogP contribution in [0.15, 0.2) is 18.3 Å². The van der Waals surface area contributed by atoms with Crippen molar-refractivity contribution in [2.45, 2.75) is 27.7 Å². The number of ketones is 1. The van der Waals surface area contributed by atoms with Gasteiger partial charge in [0.05, 0.1) is 0 Å². The van der Waals surface area contributed by atoms with Crippen molar-refractivity contribution >= 4 is 5.78 Å². The smallest absolute Gasteiger partial charge is 0.167 e. The molecule has 1 rings (SSSR count). The molecule has 1 aromatic heterocycles. The Morgan fingerprint density at radius 3 is 2.50 bits per heavy atom. The third kappa shape index (κ3) is 2.19. The molecule has 1 heterocycles. The third-order valence-electron chi connectivity index (χ3n) is 2.69. The maximum Gasteiger partial charge on any atom is 0.167 e. The lowest BCUT2D eigenvalue weighted by Crippen LogP contribution is -2.18. The van der Waals surface area contributed by atoms with E-state index in [2.05, 4.69) is 18.8 Å². The number of pyridine rings is 1. The van der Waals surface area contributed by atoms with Crippen LogP contribution < -0.4 is 0 Å². The molecular weight excluding hydrogens is 174 g/mol. The Morgan fingerprint density at radius 2 is 2.00 bits per heavy atom. The highest BCUT2D eigenvalue weighted by Crippen LogP contribution is 2.17. The summed E-state index contributed by atoms with van der Waals surface area (Å²) in [6.07, 6.45) is 1.71. The summed E-state index contributed by atoms with van der Waals surface area (Å²) in [5.41, 5.74) is 1.58. The molecule has 0 amide bonds. The average Bonchev–Trinajstić information content (AvgIpc) is 2.16. The van der Waals surface area contributed by atoms with E-state index in [0.29, 0.717) is 5.92 Å². The van der Waals surface area contributed by atoms with E-state index in [9.17, 15) is 4.79 Å². The molecule has 0 aliphatic heterocycles. The van der Waals surface area contributed by atoms with Gasteiger partial charge in [-0.2, -0.15) is 0 Å². The van der Waals surface area contributed by atoms with Crippen LogP contribution in [0.1, 0.15) is 36.8 Å². The SMILES string of the molecule is Cc1ncccc1C(=O)C(C)C(C)C. The minimum absolute atomic E-state index is 0.0675. The van der Waals surface area contributed by atoms with Crippen molar-refractivity contribution < 1.29 is 4.79 Å². The fourth-order valence-corrected chi connectivity index (χ4v) is 1.29. The number of carbonyl (C=O) groups excluding carboxylic acids is 1. The summed E-state index contributed by atoms with van der Waals surface area (Å²) in [6, 6.07) is 3.66. The summed E-state index contributed by atoms with van der Waals surface area (Å²) in [4.78, 5) is 16.1. The van der Waals surface area contributed by atoms with Crippen molar-refractivity contribution in [3.63, 3.8) is 0 Å². The Labute approximate surface area is 85.4 Å². The topological polar surface area (TPSA) is 30.0 Å². The molecule has 0 bridgehead atoms. The summed E-state index contributed by atoms with van der Waals surface area (Å²) in [7, 11) is 0. The van der Waals surface area contributed by atoms with Gasteiger partial charge in [0.1, 0.15) is 0 Å². The number of aromatic nitrogens is 1. The Bertz CT molecular complexity index is 331. The minimum Gasteiger partial charge on any atom is -0.294 e. The maximum atomic E-state index is 12.0. The van der Waals surface area contributed by atoms with Gasteiger partial charge in [-0.05, 0) is 25.0 Å². The fourth-order valence-electron chi connectivity index (χ4n) is 1.29. The van der Waals surface area contributed by atoms with Gasteiger partial charge in [-0.1, -0.05) is 20.8 Å². The number of carbonyl (C=O) groups is 1. The highest BCUT2D eigenvalue weighted by Gasteiger charge is 2.19. The molecule has 0 aliphatic rings. The first-order valence-corrected chi connectivity index (χ1v) is 5.00. The van der Waals surface area contributed by atoms with Gasteiger partial charge < -0.3 is 0 Å². The van der Waals surface area contributed by atoms with Crippen LogP contribution in [0.25, 0.3) is 0 Å². The second-order valence-corrected chi connectivity index (χ2v) is 4.03. The van der Waals surface area contributed by atoms with E-state index in [1.165, 1.54) is 0 Å². The number of aryl methyl sites for hydroxylation is 1. The zero-order valence-corrected chi connectivity index (χ0v) is 9.24. The summed E-state index contributed by atoms with van der Waals surface area (Å²) in [6.45, 7) is 7.97.